The lowest BCUT2D eigenvalue weighted by Crippen LogP contribution is -2.23. The molecule has 8 heteroatoms. The Morgan fingerprint density at radius 1 is 1.08 bits per heavy atom. The summed E-state index contributed by atoms with van der Waals surface area (Å²) >= 11 is 1.30. The van der Waals surface area contributed by atoms with Crippen LogP contribution in [0.2, 0.25) is 0 Å². The monoisotopic (exact) mass is 387 g/mol. The highest BCUT2D eigenvalue weighted by molar-refractivity contribution is 7.90. The number of nitrogens with zero attached hydrogens (tertiary/aromatic N) is 1. The molecule has 3 aromatic rings. The molecule has 2 aromatic carbocycles. The lowest BCUT2D eigenvalue weighted by molar-refractivity contribution is 0.0946. The van der Waals surface area contributed by atoms with E-state index < -0.39 is 9.84 Å². The van der Waals surface area contributed by atoms with Crippen LogP contribution in [0.5, 0.6) is 0 Å². The third kappa shape index (κ3) is 4.68. The first-order chi connectivity index (χ1) is 12.4. The second-order valence-electron chi connectivity index (χ2n) is 5.63. The van der Waals surface area contributed by atoms with Crippen LogP contribution in [-0.4, -0.2) is 25.6 Å². The normalized spacial score (nSPS) is 11.1. The molecule has 0 unspecified atom stereocenters. The lowest BCUT2D eigenvalue weighted by atomic mass is 10.2. The van der Waals surface area contributed by atoms with Gasteiger partial charge in [0.25, 0.3) is 5.91 Å². The van der Waals surface area contributed by atoms with E-state index in [0.29, 0.717) is 23.1 Å². The third-order valence-electron chi connectivity index (χ3n) is 3.57. The van der Waals surface area contributed by atoms with Gasteiger partial charge in [-0.3, -0.25) is 4.79 Å². The average Bonchev–Trinajstić information content (AvgIpc) is 3.09. The van der Waals surface area contributed by atoms with E-state index in [1.165, 1.54) is 23.5 Å². The molecule has 0 aliphatic heterocycles. The molecule has 3 rings (SSSR count). The molecule has 0 aliphatic carbocycles. The molecule has 2 N–H and O–H groups in total. The number of carbonyl (C=O) groups excluding carboxylic acids is 1. The van der Waals surface area contributed by atoms with Gasteiger partial charge >= 0.3 is 0 Å². The summed E-state index contributed by atoms with van der Waals surface area (Å²) in [6.07, 6.45) is 1.16. The van der Waals surface area contributed by atoms with Gasteiger partial charge in [-0.2, -0.15) is 0 Å². The van der Waals surface area contributed by atoms with Crippen LogP contribution < -0.4 is 10.6 Å². The van der Waals surface area contributed by atoms with Gasteiger partial charge in [-0.15, -0.1) is 11.3 Å². The number of rotatable bonds is 6. The van der Waals surface area contributed by atoms with Gasteiger partial charge in [0.1, 0.15) is 5.69 Å². The van der Waals surface area contributed by atoms with Crippen molar-refractivity contribution in [1.82, 2.24) is 10.3 Å². The Labute approximate surface area is 155 Å². The smallest absolute Gasteiger partial charge is 0.271 e. The van der Waals surface area contributed by atoms with Gasteiger partial charge in [0.05, 0.1) is 4.90 Å². The minimum Gasteiger partial charge on any atom is -0.347 e. The highest BCUT2D eigenvalue weighted by atomic mass is 32.2. The number of sulfone groups is 1. The van der Waals surface area contributed by atoms with Crippen LogP contribution in [0.15, 0.2) is 64.9 Å². The Kier molecular flexibility index (Phi) is 5.34. The molecule has 0 bridgehead atoms. The predicted molar refractivity (Wildman–Crippen MR) is 103 cm³/mol. The second kappa shape index (κ2) is 7.67. The van der Waals surface area contributed by atoms with Crippen LogP contribution in [0.3, 0.4) is 0 Å². The summed E-state index contributed by atoms with van der Waals surface area (Å²) in [5.41, 5.74) is 2.05. The molecule has 0 saturated carbocycles. The van der Waals surface area contributed by atoms with Crippen LogP contribution in [0.1, 0.15) is 16.1 Å². The molecule has 1 aromatic heterocycles. The van der Waals surface area contributed by atoms with Crippen molar-refractivity contribution in [3.8, 4) is 0 Å². The van der Waals surface area contributed by atoms with Crippen molar-refractivity contribution in [1.29, 1.82) is 0 Å². The summed E-state index contributed by atoms with van der Waals surface area (Å²) in [5, 5.41) is 8.12. The summed E-state index contributed by atoms with van der Waals surface area (Å²) in [5.74, 6) is -0.245. The second-order valence-corrected chi connectivity index (χ2v) is 8.50. The van der Waals surface area contributed by atoms with E-state index in [9.17, 15) is 13.2 Å². The van der Waals surface area contributed by atoms with Gasteiger partial charge < -0.3 is 10.6 Å². The Bertz CT molecular complexity index is 998. The van der Waals surface area contributed by atoms with Crippen molar-refractivity contribution < 1.29 is 13.2 Å². The molecule has 1 heterocycles. The van der Waals surface area contributed by atoms with Gasteiger partial charge in [0.15, 0.2) is 15.0 Å². The van der Waals surface area contributed by atoms with Gasteiger partial charge in [-0.25, -0.2) is 13.4 Å². The van der Waals surface area contributed by atoms with E-state index in [2.05, 4.69) is 15.6 Å². The highest BCUT2D eigenvalue weighted by Gasteiger charge is 2.11. The van der Waals surface area contributed by atoms with E-state index in [1.54, 1.807) is 17.5 Å². The lowest BCUT2D eigenvalue weighted by Gasteiger charge is -2.04. The molecule has 0 radical (unpaired) electrons. The van der Waals surface area contributed by atoms with E-state index in [4.69, 9.17) is 0 Å². The molecular formula is C18H17N3O3S2. The summed E-state index contributed by atoms with van der Waals surface area (Å²) in [4.78, 5) is 16.7. The summed E-state index contributed by atoms with van der Waals surface area (Å²) in [7, 11) is -3.22. The number of benzene rings is 2. The maximum absolute atomic E-state index is 12.2. The zero-order chi connectivity index (χ0) is 18.6. The molecule has 0 aliphatic rings. The number of amides is 1. The molecule has 6 nitrogen and oxygen atoms in total. The Morgan fingerprint density at radius 2 is 1.77 bits per heavy atom. The molecule has 26 heavy (non-hydrogen) atoms. The number of carbonyl (C=O) groups is 1. The quantitative estimate of drug-likeness (QED) is 0.678. The molecule has 0 spiro atoms. The highest BCUT2D eigenvalue weighted by Crippen LogP contribution is 2.22. The molecule has 134 valence electrons. The van der Waals surface area contributed by atoms with Crippen molar-refractivity contribution >= 4 is 37.9 Å². The van der Waals surface area contributed by atoms with Crippen molar-refractivity contribution in [2.75, 3.05) is 11.6 Å². The minimum absolute atomic E-state index is 0.245. The van der Waals surface area contributed by atoms with Gasteiger partial charge in [0.2, 0.25) is 0 Å². The average molecular weight is 387 g/mol. The molecule has 0 atom stereocenters. The fraction of sp³-hybridized carbons (Fsp3) is 0.111. The number of aromatic nitrogens is 1. The zero-order valence-corrected chi connectivity index (χ0v) is 15.6. The fourth-order valence-electron chi connectivity index (χ4n) is 2.21. The molecular weight excluding hydrogens is 370 g/mol. The van der Waals surface area contributed by atoms with Crippen molar-refractivity contribution in [2.24, 2.45) is 0 Å². The van der Waals surface area contributed by atoms with E-state index in [0.717, 1.165) is 11.8 Å². The SMILES string of the molecule is CS(=O)(=O)c1ccc(Nc2nc(C(=O)NCc3ccccc3)cs2)cc1. The van der Waals surface area contributed by atoms with Gasteiger partial charge in [-0.1, -0.05) is 30.3 Å². The maximum atomic E-state index is 12.2. The largest absolute Gasteiger partial charge is 0.347 e. The van der Waals surface area contributed by atoms with Crippen LogP contribution in [0.25, 0.3) is 0 Å². The standard InChI is InChI=1S/C18H17N3O3S2/c1-26(23,24)15-9-7-14(8-10-15)20-18-21-16(12-25-18)17(22)19-11-13-5-3-2-4-6-13/h2-10,12H,11H2,1H3,(H,19,22)(H,20,21). The topological polar surface area (TPSA) is 88.2 Å². The maximum Gasteiger partial charge on any atom is 0.271 e. The number of hydrogen-bond donors (Lipinski definition) is 2. The van der Waals surface area contributed by atoms with Crippen LogP contribution in [0, 0.1) is 0 Å². The van der Waals surface area contributed by atoms with E-state index in [-0.39, 0.29) is 10.8 Å². The van der Waals surface area contributed by atoms with Crippen LogP contribution in [-0.2, 0) is 16.4 Å². The first-order valence-electron chi connectivity index (χ1n) is 7.76. The summed E-state index contributed by atoms with van der Waals surface area (Å²) in [6.45, 7) is 0.437. The Hall–Kier alpha value is -2.71. The predicted octanol–water partition coefficient (Wildman–Crippen LogP) is 3.22. The Balaban J connectivity index is 1.61. The first-order valence-corrected chi connectivity index (χ1v) is 10.5. The molecule has 0 saturated heterocycles. The Morgan fingerprint density at radius 3 is 2.42 bits per heavy atom. The van der Waals surface area contributed by atoms with E-state index in [1.807, 2.05) is 30.3 Å². The summed E-state index contributed by atoms with van der Waals surface area (Å²) in [6, 6.07) is 16.0. The van der Waals surface area contributed by atoms with Gasteiger partial charge in [-0.05, 0) is 29.8 Å². The third-order valence-corrected chi connectivity index (χ3v) is 5.45. The number of thiazole rings is 1. The van der Waals surface area contributed by atoms with Crippen molar-refractivity contribution in [3.63, 3.8) is 0 Å². The summed E-state index contributed by atoms with van der Waals surface area (Å²) < 4.78 is 22.9. The molecule has 1 amide bonds. The van der Waals surface area contributed by atoms with Gasteiger partial charge in [0, 0.05) is 23.9 Å². The number of hydrogen-bond acceptors (Lipinski definition) is 6. The van der Waals surface area contributed by atoms with Crippen molar-refractivity contribution in [3.05, 3.63) is 71.2 Å². The van der Waals surface area contributed by atoms with Crippen molar-refractivity contribution in [2.45, 2.75) is 11.4 Å². The van der Waals surface area contributed by atoms with E-state index >= 15 is 0 Å². The zero-order valence-electron chi connectivity index (χ0n) is 14.0. The first kappa shape index (κ1) is 18.1. The number of anilines is 2. The van der Waals surface area contributed by atoms with Crippen LogP contribution in [0.4, 0.5) is 10.8 Å². The fourth-order valence-corrected chi connectivity index (χ4v) is 3.55. The molecule has 0 fully saturated rings. The van der Waals surface area contributed by atoms with Crippen LogP contribution >= 0.6 is 11.3 Å². The number of nitrogens with one attached hydrogen (secondary N) is 2. The minimum atomic E-state index is -3.22.